The Hall–Kier alpha value is -0.970. The lowest BCUT2D eigenvalue weighted by Gasteiger charge is -2.24. The van der Waals surface area contributed by atoms with Crippen molar-refractivity contribution in [3.63, 3.8) is 0 Å². The van der Waals surface area contributed by atoms with Crippen molar-refractivity contribution in [2.75, 3.05) is 0 Å². The van der Waals surface area contributed by atoms with Crippen molar-refractivity contribution in [1.82, 2.24) is 9.97 Å². The van der Waals surface area contributed by atoms with Gasteiger partial charge in [0, 0.05) is 11.6 Å². The van der Waals surface area contributed by atoms with Gasteiger partial charge in [-0.3, -0.25) is 4.79 Å². The van der Waals surface area contributed by atoms with Crippen molar-refractivity contribution in [3.8, 4) is 0 Å². The van der Waals surface area contributed by atoms with Gasteiger partial charge < -0.3 is 5.11 Å². The molecule has 4 nitrogen and oxygen atoms in total. The molecule has 1 fully saturated rings. The number of nitrogens with zero attached hydrogens (tertiary/aromatic N) is 2. The van der Waals surface area contributed by atoms with Crippen molar-refractivity contribution in [2.45, 2.75) is 31.6 Å². The molecule has 1 heterocycles. The Kier molecular flexibility index (Phi) is 3.00. The third-order valence-electron chi connectivity index (χ3n) is 2.63. The molecule has 0 bridgehead atoms. The summed E-state index contributed by atoms with van der Waals surface area (Å²) in [6.07, 6.45) is 3.49. The van der Waals surface area contributed by atoms with Crippen molar-refractivity contribution >= 4 is 21.9 Å². The largest absolute Gasteiger partial charge is 0.481 e. The number of rotatable bonds is 3. The summed E-state index contributed by atoms with van der Waals surface area (Å²) in [6, 6.07) is 1.81. The maximum absolute atomic E-state index is 10.6. The van der Waals surface area contributed by atoms with Crippen LogP contribution in [-0.2, 0) is 11.2 Å². The standard InChI is InChI=1S/C10H11BrN2O2/c11-10-12-7(5-9(14)15)4-8(13-10)6-2-1-3-6/h4,6H,1-3,5H2,(H,14,15). The minimum absolute atomic E-state index is 0.0408. The lowest BCUT2D eigenvalue weighted by molar-refractivity contribution is -0.136. The number of carboxylic acids is 1. The van der Waals surface area contributed by atoms with E-state index in [2.05, 4.69) is 25.9 Å². The van der Waals surface area contributed by atoms with Crippen molar-refractivity contribution < 1.29 is 9.90 Å². The molecular formula is C10H11BrN2O2. The number of hydrogen-bond donors (Lipinski definition) is 1. The van der Waals surface area contributed by atoms with E-state index >= 15 is 0 Å². The zero-order valence-electron chi connectivity index (χ0n) is 8.11. The van der Waals surface area contributed by atoms with Gasteiger partial charge in [0.05, 0.1) is 12.1 Å². The Balaban J connectivity index is 2.23. The number of halogens is 1. The topological polar surface area (TPSA) is 63.1 Å². The second kappa shape index (κ2) is 4.26. The summed E-state index contributed by atoms with van der Waals surface area (Å²) in [5.41, 5.74) is 1.55. The van der Waals surface area contributed by atoms with Crippen molar-refractivity contribution in [1.29, 1.82) is 0 Å². The fraction of sp³-hybridized carbons (Fsp3) is 0.500. The molecule has 80 valence electrons. The molecule has 1 saturated carbocycles. The molecule has 1 aromatic rings. The van der Waals surface area contributed by atoms with Crippen LogP contribution in [0.5, 0.6) is 0 Å². The van der Waals surface area contributed by atoms with Gasteiger partial charge in [-0.25, -0.2) is 9.97 Å². The van der Waals surface area contributed by atoms with E-state index in [9.17, 15) is 4.79 Å². The first-order valence-corrected chi connectivity index (χ1v) is 5.69. The van der Waals surface area contributed by atoms with Gasteiger partial charge in [0.1, 0.15) is 0 Å². The molecule has 0 radical (unpaired) electrons. The fourth-order valence-corrected chi connectivity index (χ4v) is 2.08. The van der Waals surface area contributed by atoms with E-state index < -0.39 is 5.97 Å². The van der Waals surface area contributed by atoms with Crippen molar-refractivity contribution in [3.05, 3.63) is 22.2 Å². The average molecular weight is 271 g/mol. The molecule has 15 heavy (non-hydrogen) atoms. The van der Waals surface area contributed by atoms with Gasteiger partial charge in [-0.1, -0.05) is 6.42 Å². The van der Waals surface area contributed by atoms with E-state index in [1.807, 2.05) is 6.07 Å². The lowest BCUT2D eigenvalue weighted by Crippen LogP contribution is -2.13. The van der Waals surface area contributed by atoms with Crippen LogP contribution in [0.15, 0.2) is 10.8 Å². The molecule has 2 rings (SSSR count). The number of aliphatic carboxylic acids is 1. The van der Waals surface area contributed by atoms with E-state index in [1.165, 1.54) is 6.42 Å². The third kappa shape index (κ3) is 2.53. The summed E-state index contributed by atoms with van der Waals surface area (Å²) in [4.78, 5) is 18.9. The molecule has 1 aromatic heterocycles. The lowest BCUT2D eigenvalue weighted by atomic mass is 9.82. The quantitative estimate of drug-likeness (QED) is 0.855. The zero-order chi connectivity index (χ0) is 10.8. The van der Waals surface area contributed by atoms with Crippen LogP contribution in [0, 0.1) is 0 Å². The highest BCUT2D eigenvalue weighted by atomic mass is 79.9. The summed E-state index contributed by atoms with van der Waals surface area (Å²) in [5, 5.41) is 8.68. The molecule has 1 aliphatic rings. The second-order valence-electron chi connectivity index (χ2n) is 3.75. The molecule has 1 aliphatic carbocycles. The predicted octanol–water partition coefficient (Wildman–Crippen LogP) is 2.13. The number of carboxylic acid groups (broad SMARTS) is 1. The Morgan fingerprint density at radius 1 is 1.53 bits per heavy atom. The number of aromatic nitrogens is 2. The van der Waals surface area contributed by atoms with Crippen molar-refractivity contribution in [2.24, 2.45) is 0 Å². The monoisotopic (exact) mass is 270 g/mol. The van der Waals surface area contributed by atoms with Gasteiger partial charge in [0.15, 0.2) is 4.73 Å². The Labute approximate surface area is 95.9 Å². The SMILES string of the molecule is O=C(O)Cc1cc(C2CCC2)nc(Br)n1. The minimum atomic E-state index is -0.861. The molecule has 0 aliphatic heterocycles. The first kappa shape index (κ1) is 10.5. The molecule has 1 N–H and O–H groups in total. The maximum Gasteiger partial charge on any atom is 0.309 e. The van der Waals surface area contributed by atoms with Crippen LogP contribution in [-0.4, -0.2) is 21.0 Å². The molecule has 0 saturated heterocycles. The van der Waals surface area contributed by atoms with Crippen LogP contribution in [0.4, 0.5) is 0 Å². The van der Waals surface area contributed by atoms with Gasteiger partial charge in [0.2, 0.25) is 0 Å². The highest BCUT2D eigenvalue weighted by molar-refractivity contribution is 9.10. The van der Waals surface area contributed by atoms with Crippen LogP contribution in [0.25, 0.3) is 0 Å². The van der Waals surface area contributed by atoms with Gasteiger partial charge in [-0.2, -0.15) is 0 Å². The summed E-state index contributed by atoms with van der Waals surface area (Å²) in [7, 11) is 0. The molecule has 0 spiro atoms. The first-order valence-electron chi connectivity index (χ1n) is 4.90. The Morgan fingerprint density at radius 2 is 2.27 bits per heavy atom. The van der Waals surface area contributed by atoms with Crippen LogP contribution in [0.1, 0.15) is 36.6 Å². The maximum atomic E-state index is 10.6. The zero-order valence-corrected chi connectivity index (χ0v) is 9.70. The smallest absolute Gasteiger partial charge is 0.309 e. The Bertz CT molecular complexity index is 391. The van der Waals surface area contributed by atoms with Gasteiger partial charge >= 0.3 is 5.97 Å². The summed E-state index contributed by atoms with van der Waals surface area (Å²) in [6.45, 7) is 0. The fourth-order valence-electron chi connectivity index (χ4n) is 1.64. The normalized spacial score (nSPS) is 16.1. The van der Waals surface area contributed by atoms with Crippen LogP contribution in [0.2, 0.25) is 0 Å². The van der Waals surface area contributed by atoms with Gasteiger partial charge in [-0.05, 0) is 34.8 Å². The second-order valence-corrected chi connectivity index (χ2v) is 4.46. The Morgan fingerprint density at radius 3 is 2.80 bits per heavy atom. The summed E-state index contributed by atoms with van der Waals surface area (Å²) >= 11 is 3.21. The molecule has 0 aromatic carbocycles. The summed E-state index contributed by atoms with van der Waals surface area (Å²) in [5.74, 6) is -0.364. The predicted molar refractivity (Wildman–Crippen MR) is 57.7 cm³/mol. The summed E-state index contributed by atoms with van der Waals surface area (Å²) < 4.78 is 0.489. The van der Waals surface area contributed by atoms with Crippen LogP contribution >= 0.6 is 15.9 Å². The number of hydrogen-bond acceptors (Lipinski definition) is 3. The van der Waals surface area contributed by atoms with Crippen LogP contribution < -0.4 is 0 Å². The van der Waals surface area contributed by atoms with Gasteiger partial charge in [-0.15, -0.1) is 0 Å². The number of carbonyl (C=O) groups is 1. The van der Waals surface area contributed by atoms with E-state index in [1.54, 1.807) is 0 Å². The first-order chi connectivity index (χ1) is 7.15. The van der Waals surface area contributed by atoms with E-state index in [-0.39, 0.29) is 6.42 Å². The molecule has 0 unspecified atom stereocenters. The highest BCUT2D eigenvalue weighted by Crippen LogP contribution is 2.35. The van der Waals surface area contributed by atoms with E-state index in [0.29, 0.717) is 16.3 Å². The highest BCUT2D eigenvalue weighted by Gasteiger charge is 2.22. The third-order valence-corrected chi connectivity index (χ3v) is 2.98. The average Bonchev–Trinajstić information content (AvgIpc) is 1.96. The van der Waals surface area contributed by atoms with Crippen LogP contribution in [0.3, 0.4) is 0 Å². The van der Waals surface area contributed by atoms with Gasteiger partial charge in [0.25, 0.3) is 0 Å². The molecule has 5 heteroatoms. The molecule has 0 amide bonds. The molecular weight excluding hydrogens is 260 g/mol. The molecule has 0 atom stereocenters. The van der Waals surface area contributed by atoms with E-state index in [4.69, 9.17) is 5.11 Å². The minimum Gasteiger partial charge on any atom is -0.481 e. The van der Waals surface area contributed by atoms with E-state index in [0.717, 1.165) is 18.5 Å².